The van der Waals surface area contributed by atoms with Gasteiger partial charge in [0.2, 0.25) is 5.89 Å². The molecule has 166 valence electrons. The molecule has 1 amide bonds. The van der Waals surface area contributed by atoms with Gasteiger partial charge in [0.05, 0.1) is 12.0 Å². The van der Waals surface area contributed by atoms with Gasteiger partial charge in [0, 0.05) is 6.54 Å². The first-order valence-electron chi connectivity index (χ1n) is 11.0. The number of amides is 1. The topological polar surface area (TPSA) is 75.4 Å². The number of rotatable bonds is 7. The molecule has 1 fully saturated rings. The lowest BCUT2D eigenvalue weighted by molar-refractivity contribution is -0.124. The maximum Gasteiger partial charge on any atom is 0.273 e. The van der Waals surface area contributed by atoms with Crippen LogP contribution in [0.1, 0.15) is 52.8 Å². The van der Waals surface area contributed by atoms with Gasteiger partial charge in [-0.3, -0.25) is 14.5 Å². The van der Waals surface area contributed by atoms with E-state index in [1.807, 2.05) is 61.5 Å². The van der Waals surface area contributed by atoms with E-state index >= 15 is 0 Å². The zero-order chi connectivity index (χ0) is 22.6. The van der Waals surface area contributed by atoms with Gasteiger partial charge >= 0.3 is 0 Å². The van der Waals surface area contributed by atoms with Gasteiger partial charge in [0.25, 0.3) is 5.91 Å². The minimum Gasteiger partial charge on any atom is -0.447 e. The number of hydrogen-bond donors (Lipinski definition) is 1. The summed E-state index contributed by atoms with van der Waals surface area (Å²) in [6, 6.07) is 18.1. The maximum absolute atomic E-state index is 12.6. The van der Waals surface area contributed by atoms with Crippen LogP contribution in [0.15, 0.2) is 65.3 Å². The second-order valence-corrected chi connectivity index (χ2v) is 8.58. The largest absolute Gasteiger partial charge is 0.447 e. The number of aromatic nitrogens is 1. The molecular formula is C26H29N3O3. The van der Waals surface area contributed by atoms with Crippen LogP contribution in [-0.4, -0.2) is 34.7 Å². The number of hydrogen-bond acceptors (Lipinski definition) is 5. The van der Waals surface area contributed by atoms with Crippen molar-refractivity contribution in [1.82, 2.24) is 15.2 Å². The highest BCUT2D eigenvalue weighted by Gasteiger charge is 2.40. The number of carbonyl (C=O) groups is 2. The highest BCUT2D eigenvalue weighted by Crippen LogP contribution is 2.36. The van der Waals surface area contributed by atoms with E-state index in [2.05, 4.69) is 15.2 Å². The number of piperidine rings is 1. The summed E-state index contributed by atoms with van der Waals surface area (Å²) in [6.45, 7) is 6.22. The zero-order valence-corrected chi connectivity index (χ0v) is 18.6. The highest BCUT2D eigenvalue weighted by molar-refractivity contribution is 5.91. The van der Waals surface area contributed by atoms with Crippen LogP contribution in [-0.2, 0) is 23.3 Å². The Morgan fingerprint density at radius 2 is 1.84 bits per heavy atom. The summed E-state index contributed by atoms with van der Waals surface area (Å²) < 4.78 is 5.56. The molecule has 2 aromatic carbocycles. The summed E-state index contributed by atoms with van der Waals surface area (Å²) in [6.07, 6.45) is 2.93. The molecule has 0 aliphatic carbocycles. The van der Waals surface area contributed by atoms with Gasteiger partial charge in [-0.25, -0.2) is 4.98 Å². The molecule has 2 heterocycles. The molecule has 0 radical (unpaired) electrons. The zero-order valence-electron chi connectivity index (χ0n) is 18.6. The second-order valence-electron chi connectivity index (χ2n) is 8.58. The quantitative estimate of drug-likeness (QED) is 0.611. The fourth-order valence-corrected chi connectivity index (χ4v) is 4.47. The molecule has 32 heavy (non-hydrogen) atoms. The normalized spacial score (nSPS) is 15.9. The maximum atomic E-state index is 12.6. The molecule has 0 bridgehead atoms. The molecular weight excluding hydrogens is 402 g/mol. The second kappa shape index (κ2) is 9.49. The molecule has 6 heteroatoms. The van der Waals surface area contributed by atoms with Gasteiger partial charge in [-0.2, -0.15) is 0 Å². The van der Waals surface area contributed by atoms with Gasteiger partial charge in [-0.15, -0.1) is 0 Å². The number of Topliss-reactive ketones (excluding diaryl/α,β-unsaturated/α-hetero) is 1. The summed E-state index contributed by atoms with van der Waals surface area (Å²) in [5.74, 6) is 0.479. The first-order chi connectivity index (χ1) is 15.5. The van der Waals surface area contributed by atoms with Gasteiger partial charge in [-0.05, 0) is 50.9 Å². The van der Waals surface area contributed by atoms with E-state index in [4.69, 9.17) is 4.42 Å². The molecule has 1 saturated heterocycles. The van der Waals surface area contributed by atoms with E-state index in [1.165, 1.54) is 6.26 Å². The van der Waals surface area contributed by atoms with E-state index in [9.17, 15) is 9.59 Å². The molecule has 0 atom stereocenters. The number of aryl methyl sites for hydroxylation is 1. The number of ketones is 1. The molecule has 6 nitrogen and oxygen atoms in total. The third kappa shape index (κ3) is 4.81. The molecule has 0 saturated carbocycles. The first kappa shape index (κ1) is 22.0. The fraction of sp³-hybridized carbons (Fsp3) is 0.346. The monoisotopic (exact) mass is 431 g/mol. The number of carbonyl (C=O) groups excluding carboxylic acids is 2. The fourth-order valence-electron chi connectivity index (χ4n) is 4.47. The van der Waals surface area contributed by atoms with Crippen LogP contribution in [0.2, 0.25) is 0 Å². The van der Waals surface area contributed by atoms with E-state index in [1.54, 1.807) is 6.92 Å². The van der Waals surface area contributed by atoms with Crippen LogP contribution in [0.25, 0.3) is 0 Å². The van der Waals surface area contributed by atoms with Crippen molar-refractivity contribution >= 4 is 11.7 Å². The Hall–Kier alpha value is -3.25. The Labute approximate surface area is 188 Å². The Bertz CT molecular complexity index is 1080. The van der Waals surface area contributed by atoms with Crippen molar-refractivity contribution in [2.75, 3.05) is 13.1 Å². The molecule has 1 aliphatic heterocycles. The molecule has 0 unspecified atom stereocenters. The van der Waals surface area contributed by atoms with Crippen molar-refractivity contribution in [3.8, 4) is 0 Å². The average Bonchev–Trinajstić information content (AvgIpc) is 3.27. The molecule has 3 aromatic rings. The van der Waals surface area contributed by atoms with Crippen molar-refractivity contribution in [1.29, 1.82) is 0 Å². The molecule has 4 rings (SSSR count). The predicted octanol–water partition coefficient (Wildman–Crippen LogP) is 4.04. The Balaban J connectivity index is 1.33. The number of oxazole rings is 1. The van der Waals surface area contributed by atoms with Crippen LogP contribution in [0.3, 0.4) is 0 Å². The van der Waals surface area contributed by atoms with E-state index in [0.29, 0.717) is 19.0 Å². The third-order valence-electron chi connectivity index (χ3n) is 6.39. The van der Waals surface area contributed by atoms with Crippen LogP contribution in [0.4, 0.5) is 0 Å². The van der Waals surface area contributed by atoms with Crippen LogP contribution in [0, 0.1) is 6.92 Å². The summed E-state index contributed by atoms with van der Waals surface area (Å²) in [5.41, 5.74) is 3.16. The van der Waals surface area contributed by atoms with Crippen LogP contribution in [0.5, 0.6) is 0 Å². The van der Waals surface area contributed by atoms with Gasteiger partial charge in [-0.1, -0.05) is 60.2 Å². The van der Waals surface area contributed by atoms with E-state index in [-0.39, 0.29) is 17.4 Å². The lowest BCUT2D eigenvalue weighted by Gasteiger charge is -2.40. The Kier molecular flexibility index (Phi) is 6.51. The van der Waals surface area contributed by atoms with Gasteiger partial charge < -0.3 is 9.73 Å². The van der Waals surface area contributed by atoms with Crippen molar-refractivity contribution < 1.29 is 14.0 Å². The highest BCUT2D eigenvalue weighted by atomic mass is 16.3. The molecule has 1 aromatic heterocycles. The smallest absolute Gasteiger partial charge is 0.273 e. The molecule has 1 N–H and O–H groups in total. The summed E-state index contributed by atoms with van der Waals surface area (Å²) >= 11 is 0. The Morgan fingerprint density at radius 3 is 2.53 bits per heavy atom. The Morgan fingerprint density at radius 1 is 1.09 bits per heavy atom. The van der Waals surface area contributed by atoms with E-state index in [0.717, 1.165) is 42.6 Å². The van der Waals surface area contributed by atoms with Crippen molar-refractivity contribution in [3.63, 3.8) is 0 Å². The van der Waals surface area contributed by atoms with Crippen molar-refractivity contribution in [3.05, 3.63) is 89.1 Å². The lowest BCUT2D eigenvalue weighted by atomic mass is 9.70. The number of benzene rings is 2. The predicted molar refractivity (Wildman–Crippen MR) is 122 cm³/mol. The van der Waals surface area contributed by atoms with Crippen molar-refractivity contribution in [2.45, 2.75) is 45.2 Å². The number of nitrogens with zero attached hydrogens (tertiary/aromatic N) is 2. The third-order valence-corrected chi connectivity index (χ3v) is 6.39. The number of nitrogens with one attached hydrogen (secondary N) is 1. The number of likely N-dealkylation sites (tertiary alicyclic amines) is 1. The minimum absolute atomic E-state index is 0.215. The average molecular weight is 432 g/mol. The first-order valence-corrected chi connectivity index (χ1v) is 11.0. The standard InChI is InChI=1S/C26H29N3O3/c1-19-7-6-8-21(15-19)16-27-25(31)23-18-32-24(28-23)17-29-13-11-26(12-14-29,20(2)30)22-9-4-3-5-10-22/h3-10,15,18H,11-14,16-17H2,1-2H3,(H,27,31). The minimum atomic E-state index is -0.421. The van der Waals surface area contributed by atoms with Gasteiger partial charge in [0.15, 0.2) is 5.69 Å². The molecule has 1 aliphatic rings. The SMILES string of the molecule is CC(=O)C1(c2ccccc2)CCN(Cc2nc(C(=O)NCc3cccc(C)c3)co2)CC1. The molecule has 0 spiro atoms. The van der Waals surface area contributed by atoms with Crippen molar-refractivity contribution in [2.24, 2.45) is 0 Å². The van der Waals surface area contributed by atoms with Crippen LogP contribution >= 0.6 is 0 Å². The van der Waals surface area contributed by atoms with E-state index < -0.39 is 5.41 Å². The summed E-state index contributed by atoms with van der Waals surface area (Å²) in [7, 11) is 0. The summed E-state index contributed by atoms with van der Waals surface area (Å²) in [4.78, 5) is 31.6. The van der Waals surface area contributed by atoms with Gasteiger partial charge in [0.1, 0.15) is 12.0 Å². The van der Waals surface area contributed by atoms with Crippen LogP contribution < -0.4 is 5.32 Å². The lowest BCUT2D eigenvalue weighted by Crippen LogP contribution is -2.46. The summed E-state index contributed by atoms with van der Waals surface area (Å²) in [5, 5.41) is 2.89.